The monoisotopic (exact) mass is 361 g/mol. The summed E-state index contributed by atoms with van der Waals surface area (Å²) in [7, 11) is 0. The van der Waals surface area contributed by atoms with E-state index in [2.05, 4.69) is 10.4 Å². The number of nitrogens with one attached hydrogen (secondary N) is 1. The molecule has 1 aliphatic rings. The third kappa shape index (κ3) is 3.72. The van der Waals surface area contributed by atoms with Crippen LogP contribution in [-0.4, -0.2) is 34.9 Å². The molecule has 1 fully saturated rings. The Balaban J connectivity index is 1.92. The third-order valence-electron chi connectivity index (χ3n) is 4.55. The van der Waals surface area contributed by atoms with Crippen LogP contribution >= 0.6 is 11.6 Å². The van der Waals surface area contributed by atoms with E-state index in [1.54, 1.807) is 0 Å². The average molecular weight is 362 g/mol. The molecule has 1 aromatic heterocycles. The Labute approximate surface area is 153 Å². The molecule has 25 heavy (non-hydrogen) atoms. The minimum Gasteiger partial charge on any atom is -0.376 e. The second-order valence-electron chi connectivity index (χ2n) is 6.18. The summed E-state index contributed by atoms with van der Waals surface area (Å²) in [6.45, 7) is 5.37. The Kier molecular flexibility index (Phi) is 5.76. The first-order valence-electron chi connectivity index (χ1n) is 8.91. The van der Waals surface area contributed by atoms with Crippen LogP contribution in [0, 0.1) is 0 Å². The van der Waals surface area contributed by atoms with Gasteiger partial charge in [0.2, 0.25) is 0 Å². The van der Waals surface area contributed by atoms with Crippen molar-refractivity contribution in [2.75, 3.05) is 13.2 Å². The van der Waals surface area contributed by atoms with E-state index in [9.17, 15) is 4.79 Å². The van der Waals surface area contributed by atoms with Crippen molar-refractivity contribution in [3.8, 4) is 5.69 Å². The van der Waals surface area contributed by atoms with Crippen LogP contribution in [0.2, 0.25) is 5.02 Å². The highest BCUT2D eigenvalue weighted by Crippen LogP contribution is 2.25. The number of aryl methyl sites for hydroxylation is 1. The lowest BCUT2D eigenvalue weighted by molar-refractivity contribution is 0.0856. The number of amides is 1. The first-order chi connectivity index (χ1) is 12.2. The Hall–Kier alpha value is -1.85. The van der Waals surface area contributed by atoms with E-state index < -0.39 is 0 Å². The predicted octanol–water partition coefficient (Wildman–Crippen LogP) is 3.56. The minimum atomic E-state index is -0.0810. The van der Waals surface area contributed by atoms with Crippen LogP contribution in [0.4, 0.5) is 0 Å². The Morgan fingerprint density at radius 3 is 2.80 bits per heavy atom. The van der Waals surface area contributed by atoms with Crippen molar-refractivity contribution in [1.82, 2.24) is 15.1 Å². The van der Waals surface area contributed by atoms with Gasteiger partial charge in [0.05, 0.1) is 33.8 Å². The molecule has 0 saturated carbocycles. The molecule has 1 aliphatic heterocycles. The van der Waals surface area contributed by atoms with E-state index in [1.165, 1.54) is 0 Å². The topological polar surface area (TPSA) is 56.2 Å². The molecule has 1 aromatic carbocycles. The molecular formula is C19H24ClN3O2. The Morgan fingerprint density at radius 1 is 1.36 bits per heavy atom. The van der Waals surface area contributed by atoms with Crippen LogP contribution in [0.5, 0.6) is 0 Å². The number of aromatic nitrogens is 2. The molecule has 134 valence electrons. The zero-order valence-corrected chi connectivity index (χ0v) is 15.5. The number of nitrogens with zero attached hydrogens (tertiary/aromatic N) is 2. The highest BCUT2D eigenvalue weighted by atomic mass is 35.5. The Morgan fingerprint density at radius 2 is 2.16 bits per heavy atom. The van der Waals surface area contributed by atoms with E-state index in [0.29, 0.717) is 30.0 Å². The van der Waals surface area contributed by atoms with Gasteiger partial charge in [-0.1, -0.05) is 37.6 Å². The molecular weight excluding hydrogens is 338 g/mol. The predicted molar refractivity (Wildman–Crippen MR) is 98.6 cm³/mol. The normalized spacial score (nSPS) is 17.0. The van der Waals surface area contributed by atoms with Gasteiger partial charge in [-0.15, -0.1) is 0 Å². The number of benzene rings is 1. The first kappa shape index (κ1) is 18.0. The third-order valence-corrected chi connectivity index (χ3v) is 4.86. The molecule has 2 aromatic rings. The number of rotatable bonds is 6. The number of halogens is 1. The molecule has 2 heterocycles. The second kappa shape index (κ2) is 8.02. The minimum absolute atomic E-state index is 0.0810. The lowest BCUT2D eigenvalue weighted by atomic mass is 10.1. The van der Waals surface area contributed by atoms with E-state index in [-0.39, 0.29) is 12.0 Å². The lowest BCUT2D eigenvalue weighted by Gasteiger charge is -2.12. The van der Waals surface area contributed by atoms with Gasteiger partial charge in [-0.25, -0.2) is 4.68 Å². The fraction of sp³-hybridized carbons (Fsp3) is 0.474. The molecule has 1 amide bonds. The van der Waals surface area contributed by atoms with Crippen LogP contribution in [0.25, 0.3) is 5.69 Å². The molecule has 0 bridgehead atoms. The molecule has 0 radical (unpaired) electrons. The number of carbonyl (C=O) groups is 1. The summed E-state index contributed by atoms with van der Waals surface area (Å²) in [5.41, 5.74) is 3.15. The van der Waals surface area contributed by atoms with Gasteiger partial charge in [0.1, 0.15) is 0 Å². The highest BCUT2D eigenvalue weighted by Gasteiger charge is 2.24. The van der Waals surface area contributed by atoms with Gasteiger partial charge in [0, 0.05) is 13.2 Å². The summed E-state index contributed by atoms with van der Waals surface area (Å²) in [6, 6.07) is 7.56. The highest BCUT2D eigenvalue weighted by molar-refractivity contribution is 6.32. The molecule has 1 saturated heterocycles. The molecule has 0 unspecified atom stereocenters. The summed E-state index contributed by atoms with van der Waals surface area (Å²) < 4.78 is 7.40. The SMILES string of the molecule is CCc1nn(-c2ccccc2Cl)c(CC)c1C(=O)NC[C@H]1CCCO1. The van der Waals surface area contributed by atoms with Crippen molar-refractivity contribution in [2.24, 2.45) is 0 Å². The van der Waals surface area contributed by atoms with Gasteiger partial charge in [0.25, 0.3) is 5.91 Å². The van der Waals surface area contributed by atoms with Gasteiger partial charge in [-0.2, -0.15) is 5.10 Å². The zero-order valence-electron chi connectivity index (χ0n) is 14.7. The second-order valence-corrected chi connectivity index (χ2v) is 6.59. The van der Waals surface area contributed by atoms with Crippen LogP contribution in [0.1, 0.15) is 48.4 Å². The maximum absolute atomic E-state index is 12.8. The van der Waals surface area contributed by atoms with Crippen molar-refractivity contribution >= 4 is 17.5 Å². The molecule has 0 spiro atoms. The van der Waals surface area contributed by atoms with Gasteiger partial charge in [0.15, 0.2) is 0 Å². The quantitative estimate of drug-likeness (QED) is 0.855. The van der Waals surface area contributed by atoms with Gasteiger partial charge >= 0.3 is 0 Å². The standard InChI is InChI=1S/C19H24ClN3O2/c1-3-15-18(19(24)21-12-13-8-7-11-25-13)16(4-2)23(22-15)17-10-6-5-9-14(17)20/h5-6,9-10,13H,3-4,7-8,11-12H2,1-2H3,(H,21,24)/t13-/m1/s1. The zero-order chi connectivity index (χ0) is 17.8. The first-order valence-corrected chi connectivity index (χ1v) is 9.28. The fourth-order valence-corrected chi connectivity index (χ4v) is 3.48. The average Bonchev–Trinajstić information content (AvgIpc) is 3.27. The van der Waals surface area contributed by atoms with E-state index in [0.717, 1.165) is 36.5 Å². The summed E-state index contributed by atoms with van der Waals surface area (Å²) in [5, 5.41) is 8.31. The maximum Gasteiger partial charge on any atom is 0.255 e. The van der Waals surface area contributed by atoms with Gasteiger partial charge < -0.3 is 10.1 Å². The Bertz CT molecular complexity index is 751. The molecule has 5 nitrogen and oxygen atoms in total. The van der Waals surface area contributed by atoms with Crippen molar-refractivity contribution in [2.45, 2.75) is 45.6 Å². The van der Waals surface area contributed by atoms with Gasteiger partial charge in [-0.3, -0.25) is 4.79 Å². The molecule has 1 N–H and O–H groups in total. The van der Waals surface area contributed by atoms with Crippen LogP contribution in [-0.2, 0) is 17.6 Å². The van der Waals surface area contributed by atoms with Crippen molar-refractivity contribution in [3.63, 3.8) is 0 Å². The summed E-state index contributed by atoms with van der Waals surface area (Å²) in [6.07, 6.45) is 3.57. The smallest absolute Gasteiger partial charge is 0.255 e. The number of para-hydroxylation sites is 1. The van der Waals surface area contributed by atoms with Crippen molar-refractivity contribution in [1.29, 1.82) is 0 Å². The van der Waals surface area contributed by atoms with E-state index in [4.69, 9.17) is 16.3 Å². The van der Waals surface area contributed by atoms with Crippen molar-refractivity contribution in [3.05, 3.63) is 46.2 Å². The molecule has 3 rings (SSSR count). The molecule has 1 atom stereocenters. The number of hydrogen-bond acceptors (Lipinski definition) is 3. The van der Waals surface area contributed by atoms with Crippen LogP contribution in [0.15, 0.2) is 24.3 Å². The van der Waals surface area contributed by atoms with Crippen LogP contribution in [0.3, 0.4) is 0 Å². The summed E-state index contributed by atoms with van der Waals surface area (Å²) in [5.74, 6) is -0.0810. The summed E-state index contributed by atoms with van der Waals surface area (Å²) >= 11 is 6.34. The van der Waals surface area contributed by atoms with Gasteiger partial charge in [-0.05, 0) is 37.8 Å². The molecule has 6 heteroatoms. The lowest BCUT2D eigenvalue weighted by Crippen LogP contribution is -2.32. The fourth-order valence-electron chi connectivity index (χ4n) is 3.26. The van der Waals surface area contributed by atoms with Crippen molar-refractivity contribution < 1.29 is 9.53 Å². The largest absolute Gasteiger partial charge is 0.376 e. The van der Waals surface area contributed by atoms with Crippen LogP contribution < -0.4 is 5.32 Å². The number of carbonyl (C=O) groups excluding carboxylic acids is 1. The molecule has 0 aliphatic carbocycles. The maximum atomic E-state index is 12.8. The number of ether oxygens (including phenoxy) is 1. The summed E-state index contributed by atoms with van der Waals surface area (Å²) in [4.78, 5) is 12.8. The number of hydrogen-bond donors (Lipinski definition) is 1. The van der Waals surface area contributed by atoms with E-state index >= 15 is 0 Å². The van der Waals surface area contributed by atoms with E-state index in [1.807, 2.05) is 42.8 Å².